The molecule has 0 aromatic carbocycles. The Kier molecular flexibility index (Phi) is 4.42. The average Bonchev–Trinajstić information content (AvgIpc) is 2.88. The fraction of sp³-hybridized carbons (Fsp3) is 0.857. The van der Waals surface area contributed by atoms with Crippen LogP contribution in [-0.4, -0.2) is 36.2 Å². The predicted octanol–water partition coefficient (Wildman–Crippen LogP) is 2.29. The first-order chi connectivity index (χ1) is 7.83. The van der Waals surface area contributed by atoms with E-state index in [0.29, 0.717) is 6.61 Å². The van der Waals surface area contributed by atoms with Crippen LogP contribution in [0.3, 0.4) is 0 Å². The molecule has 2 aliphatic carbocycles. The Labute approximate surface area is 99.3 Å². The molecule has 0 aliphatic heterocycles. The highest BCUT2D eigenvalue weighted by molar-refractivity contribution is 5.10. The minimum atomic E-state index is 0.306. The second-order valence-electron chi connectivity index (χ2n) is 5.42. The molecule has 2 nitrogen and oxygen atoms in total. The van der Waals surface area contributed by atoms with Crippen molar-refractivity contribution in [3.05, 3.63) is 12.2 Å². The zero-order chi connectivity index (χ0) is 11.4. The fourth-order valence-corrected chi connectivity index (χ4v) is 3.25. The summed E-state index contributed by atoms with van der Waals surface area (Å²) in [6.45, 7) is 5.76. The molecule has 3 atom stereocenters. The summed E-state index contributed by atoms with van der Waals surface area (Å²) in [5.41, 5.74) is 0. The molecule has 2 rings (SSSR count). The first-order valence-corrected chi connectivity index (χ1v) is 6.85. The van der Waals surface area contributed by atoms with Gasteiger partial charge in [0.2, 0.25) is 0 Å². The smallest absolute Gasteiger partial charge is 0.0558 e. The van der Waals surface area contributed by atoms with E-state index in [-0.39, 0.29) is 0 Å². The predicted molar refractivity (Wildman–Crippen MR) is 67.3 cm³/mol. The van der Waals surface area contributed by atoms with Gasteiger partial charge in [0.25, 0.3) is 0 Å². The number of aliphatic hydroxyl groups excluding tert-OH is 1. The lowest BCUT2D eigenvalue weighted by Gasteiger charge is -2.27. The molecule has 1 fully saturated rings. The van der Waals surface area contributed by atoms with Crippen molar-refractivity contribution in [2.75, 3.05) is 26.2 Å². The number of rotatable bonds is 7. The lowest BCUT2D eigenvalue weighted by molar-refractivity contribution is 0.165. The van der Waals surface area contributed by atoms with E-state index in [1.54, 1.807) is 0 Å². The fourth-order valence-electron chi connectivity index (χ4n) is 3.25. The molecule has 2 heteroatoms. The van der Waals surface area contributed by atoms with Crippen LogP contribution in [-0.2, 0) is 0 Å². The lowest BCUT2D eigenvalue weighted by atomic mass is 9.93. The summed E-state index contributed by atoms with van der Waals surface area (Å²) in [6.07, 6.45) is 10.1. The number of unbranched alkanes of at least 4 members (excludes halogenated alkanes) is 1. The van der Waals surface area contributed by atoms with Gasteiger partial charge in [0.15, 0.2) is 0 Å². The summed E-state index contributed by atoms with van der Waals surface area (Å²) in [7, 11) is 0. The number of hydrogen-bond acceptors (Lipinski definition) is 2. The lowest BCUT2D eigenvalue weighted by Crippen LogP contribution is -2.34. The molecule has 92 valence electrons. The summed E-state index contributed by atoms with van der Waals surface area (Å²) >= 11 is 0. The number of allylic oxidation sites excluding steroid dienone is 2. The molecule has 0 aromatic heterocycles. The van der Waals surface area contributed by atoms with Crippen molar-refractivity contribution in [3.63, 3.8) is 0 Å². The monoisotopic (exact) mass is 223 g/mol. The van der Waals surface area contributed by atoms with Crippen LogP contribution < -0.4 is 0 Å². The third-order valence-electron chi connectivity index (χ3n) is 4.15. The molecular weight excluding hydrogens is 198 g/mol. The van der Waals surface area contributed by atoms with E-state index in [1.165, 1.54) is 32.2 Å². The summed E-state index contributed by atoms with van der Waals surface area (Å²) in [5.74, 6) is 2.57. The molecule has 16 heavy (non-hydrogen) atoms. The van der Waals surface area contributed by atoms with Crippen molar-refractivity contribution in [3.8, 4) is 0 Å². The van der Waals surface area contributed by atoms with Gasteiger partial charge in [-0.05, 0) is 43.6 Å². The van der Waals surface area contributed by atoms with E-state index < -0.39 is 0 Å². The molecule has 0 spiro atoms. The Balaban J connectivity index is 1.78. The van der Waals surface area contributed by atoms with E-state index >= 15 is 0 Å². The summed E-state index contributed by atoms with van der Waals surface area (Å²) in [6, 6.07) is 0. The van der Waals surface area contributed by atoms with Gasteiger partial charge < -0.3 is 10.0 Å². The third kappa shape index (κ3) is 2.86. The van der Waals surface area contributed by atoms with Crippen LogP contribution in [0.5, 0.6) is 0 Å². The van der Waals surface area contributed by atoms with E-state index in [2.05, 4.69) is 24.0 Å². The van der Waals surface area contributed by atoms with Crippen molar-refractivity contribution in [2.45, 2.75) is 32.6 Å². The van der Waals surface area contributed by atoms with Gasteiger partial charge in [-0.1, -0.05) is 25.5 Å². The van der Waals surface area contributed by atoms with Crippen molar-refractivity contribution in [2.24, 2.45) is 17.8 Å². The van der Waals surface area contributed by atoms with Gasteiger partial charge in [0, 0.05) is 13.1 Å². The largest absolute Gasteiger partial charge is 0.395 e. The molecule has 0 heterocycles. The van der Waals surface area contributed by atoms with Gasteiger partial charge >= 0.3 is 0 Å². The quantitative estimate of drug-likeness (QED) is 0.669. The molecule has 2 aliphatic rings. The molecule has 0 amide bonds. The maximum absolute atomic E-state index is 9.09. The maximum atomic E-state index is 9.09. The van der Waals surface area contributed by atoms with Crippen molar-refractivity contribution in [1.29, 1.82) is 0 Å². The Bertz CT molecular complexity index is 239. The van der Waals surface area contributed by atoms with Crippen LogP contribution in [0.2, 0.25) is 0 Å². The maximum Gasteiger partial charge on any atom is 0.0558 e. The third-order valence-corrected chi connectivity index (χ3v) is 4.15. The molecule has 3 unspecified atom stereocenters. The SMILES string of the molecule is CCCCN(CCO)CC1CC2C=CC1C2. The first kappa shape index (κ1) is 12.1. The second-order valence-corrected chi connectivity index (χ2v) is 5.42. The molecule has 0 aromatic rings. The van der Waals surface area contributed by atoms with Gasteiger partial charge in [-0.3, -0.25) is 0 Å². The van der Waals surface area contributed by atoms with Crippen LogP contribution >= 0.6 is 0 Å². The molecule has 0 saturated heterocycles. The Morgan fingerprint density at radius 1 is 1.25 bits per heavy atom. The average molecular weight is 223 g/mol. The summed E-state index contributed by atoms with van der Waals surface area (Å²) in [4.78, 5) is 2.46. The Hall–Kier alpha value is -0.340. The van der Waals surface area contributed by atoms with Gasteiger partial charge in [-0.25, -0.2) is 0 Å². The minimum absolute atomic E-state index is 0.306. The molecule has 2 bridgehead atoms. The van der Waals surface area contributed by atoms with Crippen LogP contribution in [0.25, 0.3) is 0 Å². The minimum Gasteiger partial charge on any atom is -0.395 e. The van der Waals surface area contributed by atoms with E-state index in [4.69, 9.17) is 5.11 Å². The standard InChI is InChI=1S/C14H25NO/c1-2-3-6-15(7-8-16)11-14-10-12-4-5-13(14)9-12/h4-5,12-14,16H,2-3,6-11H2,1H3. The highest BCUT2D eigenvalue weighted by Crippen LogP contribution is 2.43. The Morgan fingerprint density at radius 3 is 2.69 bits per heavy atom. The van der Waals surface area contributed by atoms with E-state index in [9.17, 15) is 0 Å². The van der Waals surface area contributed by atoms with Crippen molar-refractivity contribution < 1.29 is 5.11 Å². The number of nitrogens with zero attached hydrogens (tertiary/aromatic N) is 1. The van der Waals surface area contributed by atoms with Crippen LogP contribution in [0.4, 0.5) is 0 Å². The zero-order valence-electron chi connectivity index (χ0n) is 10.4. The molecule has 1 N–H and O–H groups in total. The van der Waals surface area contributed by atoms with Crippen LogP contribution in [0.1, 0.15) is 32.6 Å². The van der Waals surface area contributed by atoms with Crippen molar-refractivity contribution in [1.82, 2.24) is 4.90 Å². The van der Waals surface area contributed by atoms with Gasteiger partial charge in [-0.2, -0.15) is 0 Å². The van der Waals surface area contributed by atoms with Gasteiger partial charge in [-0.15, -0.1) is 0 Å². The van der Waals surface area contributed by atoms with Crippen LogP contribution in [0, 0.1) is 17.8 Å². The first-order valence-electron chi connectivity index (χ1n) is 6.85. The number of aliphatic hydroxyl groups is 1. The number of hydrogen-bond donors (Lipinski definition) is 1. The Morgan fingerprint density at radius 2 is 2.12 bits per heavy atom. The topological polar surface area (TPSA) is 23.5 Å². The highest BCUT2D eigenvalue weighted by atomic mass is 16.3. The summed E-state index contributed by atoms with van der Waals surface area (Å²) < 4.78 is 0. The molecule has 1 saturated carbocycles. The normalized spacial score (nSPS) is 31.8. The van der Waals surface area contributed by atoms with Gasteiger partial charge in [0.05, 0.1) is 6.61 Å². The van der Waals surface area contributed by atoms with E-state index in [0.717, 1.165) is 30.8 Å². The highest BCUT2D eigenvalue weighted by Gasteiger charge is 2.36. The summed E-state index contributed by atoms with van der Waals surface area (Å²) in [5, 5.41) is 9.09. The van der Waals surface area contributed by atoms with Crippen LogP contribution in [0.15, 0.2) is 12.2 Å². The van der Waals surface area contributed by atoms with Crippen molar-refractivity contribution >= 4 is 0 Å². The molecule has 0 radical (unpaired) electrons. The number of fused-ring (bicyclic) bond motifs is 2. The van der Waals surface area contributed by atoms with Gasteiger partial charge in [0.1, 0.15) is 0 Å². The van der Waals surface area contributed by atoms with E-state index in [1.807, 2.05) is 0 Å². The zero-order valence-corrected chi connectivity index (χ0v) is 10.4. The molecular formula is C14H25NO. The second kappa shape index (κ2) is 5.83.